The second-order valence-corrected chi connectivity index (χ2v) is 2.61. The lowest BCUT2D eigenvalue weighted by atomic mass is 10.1. The zero-order valence-corrected chi connectivity index (χ0v) is 6.35. The molecule has 1 aliphatic rings. The number of nitrogens with one attached hydrogen (secondary N) is 1. The van der Waals surface area contributed by atoms with Gasteiger partial charge in [0.1, 0.15) is 0 Å². The average Bonchev–Trinajstić information content (AvgIpc) is 1.77. The molecule has 0 bridgehead atoms. The molecule has 0 aromatic rings. The van der Waals surface area contributed by atoms with Gasteiger partial charge in [0.05, 0.1) is 0 Å². The largest absolute Gasteiger partial charge is 0.312 e. The zero-order chi connectivity index (χ0) is 6.69. The summed E-state index contributed by atoms with van der Waals surface area (Å²) in [6.45, 7) is 9.20. The number of hydrogen-bond acceptors (Lipinski definition) is 2. The van der Waals surface area contributed by atoms with Gasteiger partial charge in [-0.05, 0) is 13.1 Å². The van der Waals surface area contributed by atoms with E-state index in [2.05, 4.69) is 24.1 Å². The summed E-state index contributed by atoms with van der Waals surface area (Å²) < 4.78 is 0. The average molecular weight is 130 g/mol. The van der Waals surface area contributed by atoms with Gasteiger partial charge in [0, 0.05) is 20.6 Å². The molecule has 1 heterocycles. The number of rotatable bonds is 3. The second kappa shape index (κ2) is 3.18. The van der Waals surface area contributed by atoms with Crippen molar-refractivity contribution >= 4 is 0 Å². The molecule has 1 rings (SSSR count). The molecule has 0 saturated carbocycles. The van der Waals surface area contributed by atoms with Crippen molar-refractivity contribution in [1.29, 1.82) is 0 Å². The van der Waals surface area contributed by atoms with Crippen LogP contribution in [0, 0.1) is 0 Å². The number of hydrogen-bond donors (Lipinski definition) is 1. The molecule has 0 amide bonds. The predicted molar refractivity (Wildman–Crippen MR) is 41.7 cm³/mol. The summed E-state index contributed by atoms with van der Waals surface area (Å²) in [5.41, 5.74) is 0. The Kier molecular flexibility index (Phi) is 2.49. The highest BCUT2D eigenvalue weighted by atomic mass is 15.2. The van der Waals surface area contributed by atoms with Crippen molar-refractivity contribution in [3.05, 3.63) is 0 Å². The Labute approximate surface area is 58.7 Å². The first-order valence-electron chi connectivity index (χ1n) is 3.82. The number of likely N-dealkylation sites (tertiary alicyclic amines) is 1. The van der Waals surface area contributed by atoms with E-state index in [-0.39, 0.29) is 1.43 Å². The Balaban J connectivity index is 0.000000810. The summed E-state index contributed by atoms with van der Waals surface area (Å²) in [5, 5.41) is 3.40. The molecule has 1 saturated heterocycles. The first-order valence-corrected chi connectivity index (χ1v) is 3.82. The zero-order valence-electron chi connectivity index (χ0n) is 6.35. The molecule has 2 nitrogen and oxygen atoms in total. The second-order valence-electron chi connectivity index (χ2n) is 2.61. The van der Waals surface area contributed by atoms with Gasteiger partial charge in [0.15, 0.2) is 0 Å². The maximum atomic E-state index is 3.40. The van der Waals surface area contributed by atoms with E-state index in [0.29, 0.717) is 0 Å². The lowest BCUT2D eigenvalue weighted by molar-refractivity contribution is 0.136. The fourth-order valence-electron chi connectivity index (χ4n) is 1.25. The van der Waals surface area contributed by atoms with Crippen molar-refractivity contribution in [3.8, 4) is 0 Å². The molecule has 0 unspecified atom stereocenters. The van der Waals surface area contributed by atoms with Crippen LogP contribution in [0.25, 0.3) is 0 Å². The van der Waals surface area contributed by atoms with Crippen LogP contribution in [0.2, 0.25) is 0 Å². The molecule has 1 N–H and O–H groups in total. The van der Waals surface area contributed by atoms with Crippen LogP contribution in [-0.4, -0.2) is 37.1 Å². The van der Waals surface area contributed by atoms with Crippen molar-refractivity contribution in [2.24, 2.45) is 0 Å². The van der Waals surface area contributed by atoms with E-state index >= 15 is 0 Å². The van der Waals surface area contributed by atoms with Crippen LogP contribution >= 0.6 is 0 Å². The van der Waals surface area contributed by atoms with Crippen LogP contribution in [0.4, 0.5) is 0 Å². The fraction of sp³-hybridized carbons (Fsp3) is 1.00. The van der Waals surface area contributed by atoms with Crippen LogP contribution in [-0.2, 0) is 0 Å². The van der Waals surface area contributed by atoms with E-state index in [1.807, 2.05) is 0 Å². The van der Waals surface area contributed by atoms with Gasteiger partial charge in [-0.2, -0.15) is 0 Å². The number of nitrogens with zero attached hydrogens (tertiary/aromatic N) is 1. The SMILES string of the molecule is CCNC1CN(CC)C1.[HH]. The first kappa shape index (κ1) is 7.03. The molecular formula is C7H18N2. The highest BCUT2D eigenvalue weighted by molar-refractivity contribution is 4.83. The minimum absolute atomic E-state index is 0. The normalized spacial score (nSPS) is 22.0. The maximum Gasteiger partial charge on any atom is 0.0322 e. The van der Waals surface area contributed by atoms with Gasteiger partial charge >= 0.3 is 0 Å². The van der Waals surface area contributed by atoms with Gasteiger partial charge in [-0.3, -0.25) is 0 Å². The van der Waals surface area contributed by atoms with Crippen molar-refractivity contribution in [1.82, 2.24) is 10.2 Å². The summed E-state index contributed by atoms with van der Waals surface area (Å²) >= 11 is 0. The Morgan fingerprint density at radius 3 is 2.67 bits per heavy atom. The molecule has 0 aromatic carbocycles. The van der Waals surface area contributed by atoms with E-state index in [4.69, 9.17) is 0 Å². The molecule has 9 heavy (non-hydrogen) atoms. The molecule has 56 valence electrons. The molecule has 2 heteroatoms. The summed E-state index contributed by atoms with van der Waals surface area (Å²) in [6, 6.07) is 0.787. The van der Waals surface area contributed by atoms with E-state index in [1.54, 1.807) is 0 Å². The lowest BCUT2D eigenvalue weighted by Gasteiger charge is -2.38. The van der Waals surface area contributed by atoms with Gasteiger partial charge in [0.2, 0.25) is 0 Å². The predicted octanol–water partition coefficient (Wildman–Crippen LogP) is 0.546. The quantitative estimate of drug-likeness (QED) is 0.600. The molecule has 1 fully saturated rings. The highest BCUT2D eigenvalue weighted by Crippen LogP contribution is 2.05. The lowest BCUT2D eigenvalue weighted by Crippen LogP contribution is -2.57. The topological polar surface area (TPSA) is 15.3 Å². The third-order valence-electron chi connectivity index (χ3n) is 1.90. The van der Waals surface area contributed by atoms with Crippen LogP contribution in [0.15, 0.2) is 0 Å². The Bertz CT molecular complexity index is 81.7. The highest BCUT2D eigenvalue weighted by Gasteiger charge is 2.23. The Hall–Kier alpha value is -0.0800. The van der Waals surface area contributed by atoms with E-state index in [1.165, 1.54) is 19.6 Å². The van der Waals surface area contributed by atoms with Gasteiger partial charge in [-0.25, -0.2) is 0 Å². The fourth-order valence-corrected chi connectivity index (χ4v) is 1.25. The molecule has 0 spiro atoms. The summed E-state index contributed by atoms with van der Waals surface area (Å²) in [5.74, 6) is 0. The minimum Gasteiger partial charge on any atom is -0.312 e. The van der Waals surface area contributed by atoms with Gasteiger partial charge in [-0.1, -0.05) is 13.8 Å². The third-order valence-corrected chi connectivity index (χ3v) is 1.90. The minimum atomic E-state index is 0. The first-order chi connectivity index (χ1) is 4.36. The Morgan fingerprint density at radius 2 is 2.22 bits per heavy atom. The molecular weight excluding hydrogens is 112 g/mol. The number of likely N-dealkylation sites (N-methyl/N-ethyl adjacent to an activating group) is 2. The third kappa shape index (κ3) is 1.66. The molecule has 0 aliphatic carbocycles. The Morgan fingerprint density at radius 1 is 1.56 bits per heavy atom. The van der Waals surface area contributed by atoms with Gasteiger partial charge < -0.3 is 10.2 Å². The maximum absolute atomic E-state index is 3.40. The van der Waals surface area contributed by atoms with Crippen molar-refractivity contribution in [2.45, 2.75) is 19.9 Å². The van der Waals surface area contributed by atoms with Crippen molar-refractivity contribution < 1.29 is 1.43 Å². The molecule has 0 atom stereocenters. The smallest absolute Gasteiger partial charge is 0.0322 e. The van der Waals surface area contributed by atoms with Gasteiger partial charge in [-0.15, -0.1) is 0 Å². The summed E-state index contributed by atoms with van der Waals surface area (Å²) in [4.78, 5) is 2.44. The van der Waals surface area contributed by atoms with Gasteiger partial charge in [0.25, 0.3) is 0 Å². The van der Waals surface area contributed by atoms with Crippen molar-refractivity contribution in [3.63, 3.8) is 0 Å². The summed E-state index contributed by atoms with van der Waals surface area (Å²) in [7, 11) is 0. The standard InChI is InChI=1S/C7H16N2.H2/c1-3-8-7-5-9(4-2)6-7;/h7-8H,3-6H2,1-2H3;1H. The van der Waals surface area contributed by atoms with Crippen LogP contribution in [0.5, 0.6) is 0 Å². The van der Waals surface area contributed by atoms with Crippen LogP contribution in [0.1, 0.15) is 15.3 Å². The van der Waals surface area contributed by atoms with Crippen LogP contribution < -0.4 is 5.32 Å². The van der Waals surface area contributed by atoms with E-state index < -0.39 is 0 Å². The summed E-state index contributed by atoms with van der Waals surface area (Å²) in [6.07, 6.45) is 0. The molecule has 0 aromatic heterocycles. The van der Waals surface area contributed by atoms with E-state index in [9.17, 15) is 0 Å². The van der Waals surface area contributed by atoms with Crippen LogP contribution in [0.3, 0.4) is 0 Å². The van der Waals surface area contributed by atoms with Crippen molar-refractivity contribution in [2.75, 3.05) is 26.2 Å². The molecule has 1 aliphatic heterocycles. The monoisotopic (exact) mass is 130 g/mol. The van der Waals surface area contributed by atoms with E-state index in [0.717, 1.165) is 12.6 Å². The molecule has 0 radical (unpaired) electrons.